The Morgan fingerprint density at radius 3 is 2.46 bits per heavy atom. The number of morpholine rings is 1. The van der Waals surface area contributed by atoms with Crippen molar-refractivity contribution in [3.8, 4) is 0 Å². The van der Waals surface area contributed by atoms with E-state index in [1.165, 1.54) is 0 Å². The molecule has 0 unspecified atom stereocenters. The van der Waals surface area contributed by atoms with Gasteiger partial charge in [0.15, 0.2) is 6.61 Å². The molecule has 1 saturated heterocycles. The van der Waals surface area contributed by atoms with Gasteiger partial charge in [0.1, 0.15) is 0 Å². The summed E-state index contributed by atoms with van der Waals surface area (Å²) >= 11 is 0. The summed E-state index contributed by atoms with van der Waals surface area (Å²) in [6, 6.07) is 6.50. The minimum Gasteiger partial charge on any atom is -0.452 e. The first-order chi connectivity index (χ1) is 13.4. The highest BCUT2D eigenvalue weighted by atomic mass is 16.5. The van der Waals surface area contributed by atoms with E-state index in [2.05, 4.69) is 15.5 Å². The molecule has 0 aliphatic carbocycles. The molecule has 1 heterocycles. The zero-order valence-electron chi connectivity index (χ0n) is 16.5. The van der Waals surface area contributed by atoms with Crippen LogP contribution in [-0.2, 0) is 20.8 Å². The summed E-state index contributed by atoms with van der Waals surface area (Å²) in [6.45, 7) is 8.11. The molecule has 8 heteroatoms. The summed E-state index contributed by atoms with van der Waals surface area (Å²) in [5.74, 6) is -0.815. The van der Waals surface area contributed by atoms with Crippen LogP contribution in [0.4, 0.5) is 4.79 Å². The summed E-state index contributed by atoms with van der Waals surface area (Å²) in [4.78, 5) is 37.6. The minimum atomic E-state index is -0.667. The number of carbonyl (C=O) groups excluding carboxylic acids is 3. The molecule has 28 heavy (non-hydrogen) atoms. The van der Waals surface area contributed by atoms with Gasteiger partial charge >= 0.3 is 12.0 Å². The fraction of sp³-hybridized carbons (Fsp3) is 0.550. The lowest BCUT2D eigenvalue weighted by Crippen LogP contribution is -2.41. The third-order valence-electron chi connectivity index (χ3n) is 4.29. The van der Waals surface area contributed by atoms with E-state index in [4.69, 9.17) is 9.47 Å². The smallest absolute Gasteiger partial charge is 0.338 e. The zero-order chi connectivity index (χ0) is 20.4. The monoisotopic (exact) mass is 391 g/mol. The van der Waals surface area contributed by atoms with Crippen molar-refractivity contribution in [1.82, 2.24) is 15.5 Å². The highest BCUT2D eigenvalue weighted by molar-refractivity contribution is 5.97. The lowest BCUT2D eigenvalue weighted by molar-refractivity contribution is -0.123. The highest BCUT2D eigenvalue weighted by Crippen LogP contribution is 2.10. The van der Waals surface area contributed by atoms with Crippen LogP contribution in [0.1, 0.15) is 36.2 Å². The van der Waals surface area contributed by atoms with Crippen molar-refractivity contribution in [2.24, 2.45) is 5.92 Å². The van der Waals surface area contributed by atoms with Crippen LogP contribution in [0.15, 0.2) is 24.3 Å². The van der Waals surface area contributed by atoms with Crippen LogP contribution >= 0.6 is 0 Å². The Balaban J connectivity index is 1.70. The molecule has 3 amide bonds. The zero-order valence-corrected chi connectivity index (χ0v) is 16.5. The van der Waals surface area contributed by atoms with Gasteiger partial charge in [0.25, 0.3) is 5.91 Å². The van der Waals surface area contributed by atoms with Crippen LogP contribution in [0, 0.1) is 5.92 Å². The summed E-state index contributed by atoms with van der Waals surface area (Å²) in [6.07, 6.45) is 0.818. The Labute approximate surface area is 165 Å². The molecule has 0 aromatic heterocycles. The van der Waals surface area contributed by atoms with E-state index in [1.54, 1.807) is 12.1 Å². The largest absolute Gasteiger partial charge is 0.452 e. The van der Waals surface area contributed by atoms with E-state index in [1.807, 2.05) is 26.0 Å². The molecule has 0 bridgehead atoms. The molecular formula is C20H29N3O5. The Hall–Kier alpha value is -2.45. The molecule has 2 N–H and O–H groups in total. The van der Waals surface area contributed by atoms with Crippen molar-refractivity contribution < 1.29 is 23.9 Å². The van der Waals surface area contributed by atoms with Gasteiger partial charge in [-0.05, 0) is 30.0 Å². The number of carbonyl (C=O) groups is 3. The number of imide groups is 1. The molecule has 154 valence electrons. The number of nitrogens with zero attached hydrogens (tertiary/aromatic N) is 1. The number of hydrogen-bond acceptors (Lipinski definition) is 6. The van der Waals surface area contributed by atoms with Gasteiger partial charge in [0.2, 0.25) is 0 Å². The first kappa shape index (κ1) is 21.8. The molecule has 0 radical (unpaired) electrons. The van der Waals surface area contributed by atoms with Gasteiger partial charge in [0, 0.05) is 26.2 Å². The average molecular weight is 391 g/mol. The van der Waals surface area contributed by atoms with Gasteiger partial charge in [-0.3, -0.25) is 15.0 Å². The molecular weight excluding hydrogens is 362 g/mol. The molecule has 0 atom stereocenters. The Kier molecular flexibility index (Phi) is 8.90. The fourth-order valence-corrected chi connectivity index (χ4v) is 2.66. The molecule has 1 aliphatic heterocycles. The van der Waals surface area contributed by atoms with Crippen LogP contribution < -0.4 is 10.6 Å². The molecule has 8 nitrogen and oxygen atoms in total. The number of rotatable bonds is 8. The van der Waals surface area contributed by atoms with Gasteiger partial charge < -0.3 is 14.8 Å². The number of hydrogen-bond donors (Lipinski definition) is 2. The van der Waals surface area contributed by atoms with E-state index in [9.17, 15) is 14.4 Å². The second-order valence-corrected chi connectivity index (χ2v) is 7.15. The number of ether oxygens (including phenoxy) is 2. The van der Waals surface area contributed by atoms with Gasteiger partial charge in [-0.1, -0.05) is 26.0 Å². The van der Waals surface area contributed by atoms with E-state index < -0.39 is 24.5 Å². The SMILES string of the molecule is CC(C)CCNC(=O)NC(=O)COC(=O)c1ccc(CN2CCOCC2)cc1. The molecule has 1 aromatic carbocycles. The summed E-state index contributed by atoms with van der Waals surface area (Å²) in [7, 11) is 0. The number of nitrogens with one attached hydrogen (secondary N) is 2. The molecule has 1 aliphatic rings. The third kappa shape index (κ3) is 8.06. The van der Waals surface area contributed by atoms with Crippen LogP contribution in [0.25, 0.3) is 0 Å². The summed E-state index contributed by atoms with van der Waals surface area (Å²) in [5.41, 5.74) is 1.45. The van der Waals surface area contributed by atoms with Gasteiger partial charge in [0.05, 0.1) is 18.8 Å². The van der Waals surface area contributed by atoms with Gasteiger partial charge in [-0.2, -0.15) is 0 Å². The Morgan fingerprint density at radius 1 is 1.14 bits per heavy atom. The fourth-order valence-electron chi connectivity index (χ4n) is 2.66. The van der Waals surface area contributed by atoms with Gasteiger partial charge in [-0.15, -0.1) is 0 Å². The molecule has 2 rings (SSSR count). The predicted molar refractivity (Wildman–Crippen MR) is 104 cm³/mol. The topological polar surface area (TPSA) is 97.0 Å². The van der Waals surface area contributed by atoms with E-state index in [0.29, 0.717) is 18.0 Å². The van der Waals surface area contributed by atoms with E-state index in [-0.39, 0.29) is 0 Å². The van der Waals surface area contributed by atoms with Gasteiger partial charge in [-0.25, -0.2) is 9.59 Å². The molecule has 1 aromatic rings. The third-order valence-corrected chi connectivity index (χ3v) is 4.29. The predicted octanol–water partition coefficient (Wildman–Crippen LogP) is 1.55. The van der Waals surface area contributed by atoms with Crippen molar-refractivity contribution in [1.29, 1.82) is 0 Å². The Bertz CT molecular complexity index is 654. The first-order valence-electron chi connectivity index (χ1n) is 9.58. The maximum atomic E-state index is 12.1. The lowest BCUT2D eigenvalue weighted by atomic mass is 10.1. The maximum Gasteiger partial charge on any atom is 0.338 e. The second kappa shape index (κ2) is 11.4. The van der Waals surface area contributed by atoms with Crippen LogP contribution in [0.3, 0.4) is 0 Å². The normalized spacial score (nSPS) is 14.5. The highest BCUT2D eigenvalue weighted by Gasteiger charge is 2.14. The number of amides is 3. The number of esters is 1. The summed E-state index contributed by atoms with van der Waals surface area (Å²) < 4.78 is 10.3. The lowest BCUT2D eigenvalue weighted by Gasteiger charge is -2.26. The molecule has 0 saturated carbocycles. The van der Waals surface area contributed by atoms with Crippen molar-refractivity contribution in [3.63, 3.8) is 0 Å². The number of urea groups is 1. The maximum absolute atomic E-state index is 12.1. The average Bonchev–Trinajstić information content (AvgIpc) is 2.67. The van der Waals surface area contributed by atoms with E-state index >= 15 is 0 Å². The second-order valence-electron chi connectivity index (χ2n) is 7.15. The van der Waals surface area contributed by atoms with E-state index in [0.717, 1.165) is 44.8 Å². The summed E-state index contributed by atoms with van der Waals surface area (Å²) in [5, 5.41) is 4.71. The number of benzene rings is 1. The van der Waals surface area contributed by atoms with Crippen LogP contribution in [0.5, 0.6) is 0 Å². The Morgan fingerprint density at radius 2 is 1.82 bits per heavy atom. The van der Waals surface area contributed by atoms with Crippen LogP contribution in [0.2, 0.25) is 0 Å². The standard InChI is InChI=1S/C20H29N3O5/c1-15(2)7-8-21-20(26)22-18(24)14-28-19(25)17-5-3-16(4-6-17)13-23-9-11-27-12-10-23/h3-6,15H,7-14H2,1-2H3,(H2,21,22,24,26). The quantitative estimate of drug-likeness (QED) is 0.653. The molecule has 1 fully saturated rings. The van der Waals surface area contributed by atoms with Crippen molar-refractivity contribution in [2.75, 3.05) is 39.5 Å². The first-order valence-corrected chi connectivity index (χ1v) is 9.58. The van der Waals surface area contributed by atoms with Crippen LogP contribution in [-0.4, -0.2) is 62.3 Å². The minimum absolute atomic E-state index is 0.361. The van der Waals surface area contributed by atoms with Crippen molar-refractivity contribution in [2.45, 2.75) is 26.8 Å². The van der Waals surface area contributed by atoms with Crippen molar-refractivity contribution in [3.05, 3.63) is 35.4 Å². The molecule has 0 spiro atoms. The van der Waals surface area contributed by atoms with Crippen molar-refractivity contribution >= 4 is 17.9 Å².